The van der Waals surface area contributed by atoms with Crippen molar-refractivity contribution in [1.82, 2.24) is 0 Å². The molecule has 0 bridgehead atoms. The molecular formula is C8H18O4. The molecule has 0 fully saturated rings. The van der Waals surface area contributed by atoms with E-state index in [0.29, 0.717) is 13.0 Å². The van der Waals surface area contributed by atoms with Crippen molar-refractivity contribution in [1.29, 1.82) is 0 Å². The van der Waals surface area contributed by atoms with Gasteiger partial charge in [0.2, 0.25) is 0 Å². The average Bonchev–Trinajstić information content (AvgIpc) is 1.87. The minimum atomic E-state index is -0.352. The molecule has 0 aliphatic rings. The molecule has 12 heavy (non-hydrogen) atoms. The Kier molecular flexibility index (Phi) is 12.1. The fourth-order valence-electron chi connectivity index (χ4n) is 0.390. The van der Waals surface area contributed by atoms with Crippen LogP contribution >= 0.6 is 0 Å². The lowest BCUT2D eigenvalue weighted by Crippen LogP contribution is -2.00. The van der Waals surface area contributed by atoms with Gasteiger partial charge < -0.3 is 14.9 Å². The molecule has 0 rings (SSSR count). The second-order valence-electron chi connectivity index (χ2n) is 2.29. The van der Waals surface area contributed by atoms with E-state index < -0.39 is 0 Å². The Hall–Kier alpha value is -0.610. The van der Waals surface area contributed by atoms with Gasteiger partial charge in [-0.2, -0.15) is 0 Å². The molecule has 4 heteroatoms. The minimum absolute atomic E-state index is 0.0810. The first-order valence-corrected chi connectivity index (χ1v) is 3.96. The Morgan fingerprint density at radius 1 is 1.58 bits per heavy atom. The van der Waals surface area contributed by atoms with Crippen LogP contribution in [0.5, 0.6) is 0 Å². The SMILES string of the molecule is CC(O)CCO.CCOC(C)=O. The molecule has 1 atom stereocenters. The van der Waals surface area contributed by atoms with Gasteiger partial charge in [0.05, 0.1) is 12.7 Å². The van der Waals surface area contributed by atoms with E-state index in [1.807, 2.05) is 0 Å². The van der Waals surface area contributed by atoms with Crippen LogP contribution in [-0.2, 0) is 9.53 Å². The smallest absolute Gasteiger partial charge is 0.302 e. The van der Waals surface area contributed by atoms with Gasteiger partial charge in [-0.05, 0) is 20.3 Å². The van der Waals surface area contributed by atoms with Crippen molar-refractivity contribution >= 4 is 5.97 Å². The molecule has 0 saturated carbocycles. The average molecular weight is 178 g/mol. The Bertz CT molecular complexity index is 101. The van der Waals surface area contributed by atoms with E-state index >= 15 is 0 Å². The van der Waals surface area contributed by atoms with Gasteiger partial charge in [0.25, 0.3) is 0 Å². The van der Waals surface area contributed by atoms with Crippen LogP contribution in [0.2, 0.25) is 0 Å². The summed E-state index contributed by atoms with van der Waals surface area (Å²) in [6.07, 6.45) is 0.134. The Morgan fingerprint density at radius 3 is 2.08 bits per heavy atom. The summed E-state index contributed by atoms with van der Waals surface area (Å²) in [7, 11) is 0. The van der Waals surface area contributed by atoms with Crippen molar-refractivity contribution < 1.29 is 19.7 Å². The highest BCUT2D eigenvalue weighted by Crippen LogP contribution is 1.83. The molecule has 0 radical (unpaired) electrons. The van der Waals surface area contributed by atoms with Crippen LogP contribution in [0.1, 0.15) is 27.2 Å². The van der Waals surface area contributed by atoms with Crippen LogP contribution in [0.3, 0.4) is 0 Å². The number of aliphatic hydroxyl groups is 2. The Morgan fingerprint density at radius 2 is 2.08 bits per heavy atom. The third-order valence-electron chi connectivity index (χ3n) is 0.894. The molecule has 0 heterocycles. The molecule has 0 aromatic carbocycles. The normalized spacial score (nSPS) is 11.1. The molecule has 1 unspecified atom stereocenters. The summed E-state index contributed by atoms with van der Waals surface area (Å²) in [6.45, 7) is 5.38. The van der Waals surface area contributed by atoms with E-state index in [4.69, 9.17) is 10.2 Å². The summed E-state index contributed by atoms with van der Waals surface area (Å²) in [6, 6.07) is 0. The molecule has 74 valence electrons. The van der Waals surface area contributed by atoms with Gasteiger partial charge in [0.15, 0.2) is 0 Å². The molecule has 0 spiro atoms. The maximum absolute atomic E-state index is 9.82. The van der Waals surface area contributed by atoms with Crippen molar-refractivity contribution in [3.8, 4) is 0 Å². The lowest BCUT2D eigenvalue weighted by molar-refractivity contribution is -0.140. The molecule has 2 N–H and O–H groups in total. The molecule has 0 aromatic heterocycles. The quantitative estimate of drug-likeness (QED) is 0.611. The highest BCUT2D eigenvalue weighted by molar-refractivity contribution is 5.65. The molecule has 0 aliphatic heterocycles. The van der Waals surface area contributed by atoms with Crippen molar-refractivity contribution in [2.45, 2.75) is 33.3 Å². The first-order valence-electron chi connectivity index (χ1n) is 3.96. The summed E-state index contributed by atoms with van der Waals surface area (Å²) in [4.78, 5) is 9.82. The number of hydrogen-bond acceptors (Lipinski definition) is 4. The lowest BCUT2D eigenvalue weighted by atomic mass is 10.3. The van der Waals surface area contributed by atoms with Gasteiger partial charge in [-0.25, -0.2) is 0 Å². The van der Waals surface area contributed by atoms with Crippen molar-refractivity contribution in [3.63, 3.8) is 0 Å². The third-order valence-corrected chi connectivity index (χ3v) is 0.894. The summed E-state index contributed by atoms with van der Waals surface area (Å²) in [5, 5.41) is 16.5. The van der Waals surface area contributed by atoms with Gasteiger partial charge in [-0.3, -0.25) is 4.79 Å². The minimum Gasteiger partial charge on any atom is -0.466 e. The predicted octanol–water partition coefficient (Wildman–Crippen LogP) is 0.319. The fraction of sp³-hybridized carbons (Fsp3) is 0.875. The van der Waals surface area contributed by atoms with Gasteiger partial charge in [-0.1, -0.05) is 0 Å². The van der Waals surface area contributed by atoms with Crippen molar-refractivity contribution in [2.75, 3.05) is 13.2 Å². The number of hydrogen-bond donors (Lipinski definition) is 2. The second kappa shape index (κ2) is 10.4. The zero-order valence-electron chi connectivity index (χ0n) is 7.91. The van der Waals surface area contributed by atoms with E-state index in [9.17, 15) is 4.79 Å². The molecular weight excluding hydrogens is 160 g/mol. The molecule has 0 aliphatic carbocycles. The highest BCUT2D eigenvalue weighted by atomic mass is 16.5. The maximum Gasteiger partial charge on any atom is 0.302 e. The van der Waals surface area contributed by atoms with Crippen LogP contribution in [0.4, 0.5) is 0 Å². The maximum atomic E-state index is 9.82. The zero-order chi connectivity index (χ0) is 9.98. The number of carbonyl (C=O) groups excluding carboxylic acids is 1. The first kappa shape index (κ1) is 13.9. The second-order valence-corrected chi connectivity index (χ2v) is 2.29. The number of rotatable bonds is 3. The van der Waals surface area contributed by atoms with E-state index in [-0.39, 0.29) is 18.7 Å². The summed E-state index contributed by atoms with van der Waals surface area (Å²) in [5.41, 5.74) is 0. The highest BCUT2D eigenvalue weighted by Gasteiger charge is 1.88. The number of carbonyl (C=O) groups is 1. The van der Waals surface area contributed by atoms with Crippen molar-refractivity contribution in [3.05, 3.63) is 0 Å². The van der Waals surface area contributed by atoms with E-state index in [2.05, 4.69) is 4.74 Å². The summed E-state index contributed by atoms with van der Waals surface area (Å²) >= 11 is 0. The number of esters is 1. The molecule has 0 aromatic rings. The fourth-order valence-corrected chi connectivity index (χ4v) is 0.390. The van der Waals surface area contributed by atoms with Crippen LogP contribution in [-0.4, -0.2) is 35.5 Å². The molecule has 0 saturated heterocycles. The van der Waals surface area contributed by atoms with Crippen LogP contribution in [0.15, 0.2) is 0 Å². The van der Waals surface area contributed by atoms with Crippen LogP contribution < -0.4 is 0 Å². The monoisotopic (exact) mass is 178 g/mol. The van der Waals surface area contributed by atoms with Crippen molar-refractivity contribution in [2.24, 2.45) is 0 Å². The zero-order valence-corrected chi connectivity index (χ0v) is 7.91. The number of ether oxygens (including phenoxy) is 1. The summed E-state index contributed by atoms with van der Waals surface area (Å²) < 4.78 is 4.40. The standard InChI is InChI=1S/C4H10O2.C4H8O2/c1-4(6)2-3-5;1-3-6-4(2)5/h4-6H,2-3H2,1H3;3H2,1-2H3. The van der Waals surface area contributed by atoms with Crippen LogP contribution in [0.25, 0.3) is 0 Å². The van der Waals surface area contributed by atoms with Gasteiger partial charge in [0.1, 0.15) is 0 Å². The largest absolute Gasteiger partial charge is 0.466 e. The van der Waals surface area contributed by atoms with Crippen LogP contribution in [0, 0.1) is 0 Å². The van der Waals surface area contributed by atoms with E-state index in [1.165, 1.54) is 6.92 Å². The van der Waals surface area contributed by atoms with E-state index in [1.54, 1.807) is 13.8 Å². The first-order chi connectivity index (χ1) is 5.54. The topological polar surface area (TPSA) is 66.8 Å². The van der Waals surface area contributed by atoms with Gasteiger partial charge >= 0.3 is 5.97 Å². The Balaban J connectivity index is 0. The third kappa shape index (κ3) is 22.8. The predicted molar refractivity (Wildman–Crippen MR) is 45.7 cm³/mol. The Labute approximate surface area is 73.2 Å². The molecule has 0 amide bonds. The number of aliphatic hydroxyl groups excluding tert-OH is 2. The molecule has 4 nitrogen and oxygen atoms in total. The van der Waals surface area contributed by atoms with Gasteiger partial charge in [0, 0.05) is 13.5 Å². The summed E-state index contributed by atoms with van der Waals surface area (Å²) in [5.74, 6) is -0.211. The van der Waals surface area contributed by atoms with Gasteiger partial charge in [-0.15, -0.1) is 0 Å². The lowest BCUT2D eigenvalue weighted by Gasteiger charge is -1.95. The van der Waals surface area contributed by atoms with E-state index in [0.717, 1.165) is 0 Å².